The third-order valence-corrected chi connectivity index (χ3v) is 5.84. The smallest absolute Gasteiger partial charge is 0.295 e. The molecule has 0 aliphatic carbocycles. The second kappa shape index (κ2) is 9.79. The third kappa shape index (κ3) is 4.80. The number of hydrogen-bond acceptors (Lipinski definition) is 5. The number of aliphatic hydroxyl groups is 1. The van der Waals surface area contributed by atoms with Crippen molar-refractivity contribution >= 4 is 17.4 Å². The van der Waals surface area contributed by atoms with Crippen LogP contribution in [-0.2, 0) is 9.59 Å². The van der Waals surface area contributed by atoms with Crippen molar-refractivity contribution in [2.75, 3.05) is 26.2 Å². The molecule has 164 valence electrons. The number of amides is 1. The molecular formula is C25H30N2O4. The van der Waals surface area contributed by atoms with Gasteiger partial charge < -0.3 is 20.0 Å². The van der Waals surface area contributed by atoms with Crippen LogP contribution in [0, 0.1) is 6.92 Å². The topological polar surface area (TPSA) is 81.1 Å². The van der Waals surface area contributed by atoms with Crippen molar-refractivity contribution in [3.05, 3.63) is 70.8 Å². The molecule has 1 aliphatic heterocycles. The average molecular weight is 423 g/mol. The molecule has 1 aliphatic rings. The number of benzene rings is 2. The van der Waals surface area contributed by atoms with Crippen molar-refractivity contribution in [2.24, 2.45) is 0 Å². The minimum absolute atomic E-state index is 0.0855. The number of ketones is 1. The van der Waals surface area contributed by atoms with Gasteiger partial charge in [0.25, 0.3) is 11.7 Å². The Bertz CT molecular complexity index is 960. The number of phenolic OH excluding ortho intramolecular Hbond substituents is 1. The molecule has 2 aromatic rings. The maximum absolute atomic E-state index is 13.0. The van der Waals surface area contributed by atoms with E-state index in [2.05, 4.69) is 18.7 Å². The fourth-order valence-electron chi connectivity index (χ4n) is 3.99. The van der Waals surface area contributed by atoms with Crippen molar-refractivity contribution in [1.29, 1.82) is 0 Å². The number of aliphatic hydroxyl groups excluding tert-OH is 1. The summed E-state index contributed by atoms with van der Waals surface area (Å²) in [6, 6.07) is 12.9. The number of carbonyl (C=O) groups is 2. The van der Waals surface area contributed by atoms with Gasteiger partial charge >= 0.3 is 0 Å². The lowest BCUT2D eigenvalue weighted by Crippen LogP contribution is -2.33. The number of carbonyl (C=O) groups excluding carboxylic acids is 2. The van der Waals surface area contributed by atoms with Gasteiger partial charge in [-0.1, -0.05) is 55.8 Å². The maximum atomic E-state index is 13.0. The molecule has 0 bridgehead atoms. The zero-order valence-corrected chi connectivity index (χ0v) is 18.3. The standard InChI is InChI=1S/C25H30N2O4/c1-4-26(5-2)15-6-16-27-22(18-11-13-20(28)14-12-18)21(24(30)25(27)31)23(29)19-9-7-17(3)8-10-19/h7-14,22,28-29H,4-6,15-16H2,1-3H3/b23-21+. The highest BCUT2D eigenvalue weighted by Crippen LogP contribution is 2.39. The normalized spacial score (nSPS) is 18.2. The fourth-order valence-corrected chi connectivity index (χ4v) is 3.99. The van der Waals surface area contributed by atoms with Crippen LogP contribution in [-0.4, -0.2) is 57.9 Å². The Morgan fingerprint density at radius 3 is 2.19 bits per heavy atom. The van der Waals surface area contributed by atoms with Crippen LogP contribution in [0.1, 0.15) is 43.0 Å². The van der Waals surface area contributed by atoms with Crippen molar-refractivity contribution < 1.29 is 19.8 Å². The number of aromatic hydroxyl groups is 1. The van der Waals surface area contributed by atoms with Crippen LogP contribution >= 0.6 is 0 Å². The molecule has 3 rings (SSSR count). The van der Waals surface area contributed by atoms with Gasteiger partial charge in [-0.2, -0.15) is 0 Å². The molecule has 1 amide bonds. The van der Waals surface area contributed by atoms with Crippen LogP contribution in [0.25, 0.3) is 5.76 Å². The molecule has 1 heterocycles. The van der Waals surface area contributed by atoms with Gasteiger partial charge in [0, 0.05) is 12.1 Å². The summed E-state index contributed by atoms with van der Waals surface area (Å²) < 4.78 is 0. The average Bonchev–Trinajstić information content (AvgIpc) is 3.02. The molecule has 1 unspecified atom stereocenters. The van der Waals surface area contributed by atoms with Crippen LogP contribution < -0.4 is 0 Å². The summed E-state index contributed by atoms with van der Waals surface area (Å²) in [5, 5.41) is 20.7. The molecule has 2 aromatic carbocycles. The molecule has 6 nitrogen and oxygen atoms in total. The molecule has 0 aromatic heterocycles. The predicted octanol–water partition coefficient (Wildman–Crippen LogP) is 3.85. The Morgan fingerprint density at radius 2 is 1.61 bits per heavy atom. The van der Waals surface area contributed by atoms with E-state index < -0.39 is 17.7 Å². The second-order valence-corrected chi connectivity index (χ2v) is 7.83. The minimum atomic E-state index is -0.696. The van der Waals surface area contributed by atoms with Gasteiger partial charge in [-0.25, -0.2) is 0 Å². The van der Waals surface area contributed by atoms with Crippen LogP contribution in [0.15, 0.2) is 54.1 Å². The van der Waals surface area contributed by atoms with Crippen molar-refractivity contribution in [3.8, 4) is 5.75 Å². The Hall–Kier alpha value is -3.12. The predicted molar refractivity (Wildman–Crippen MR) is 121 cm³/mol. The van der Waals surface area contributed by atoms with E-state index in [-0.39, 0.29) is 17.1 Å². The largest absolute Gasteiger partial charge is 0.508 e. The number of aryl methyl sites for hydroxylation is 1. The SMILES string of the molecule is CCN(CC)CCCN1C(=O)C(=O)/C(=C(/O)c2ccc(C)cc2)C1c1ccc(O)cc1. The molecular weight excluding hydrogens is 392 g/mol. The van der Waals surface area contributed by atoms with E-state index >= 15 is 0 Å². The van der Waals surface area contributed by atoms with Gasteiger partial charge in [-0.05, 0) is 50.7 Å². The summed E-state index contributed by atoms with van der Waals surface area (Å²) in [6.45, 7) is 9.18. The van der Waals surface area contributed by atoms with E-state index in [4.69, 9.17) is 0 Å². The van der Waals surface area contributed by atoms with E-state index in [1.165, 1.54) is 17.0 Å². The number of likely N-dealkylation sites (tertiary alicyclic amines) is 1. The molecule has 0 radical (unpaired) electrons. The Labute approximate surface area is 183 Å². The summed E-state index contributed by atoms with van der Waals surface area (Å²) in [7, 11) is 0. The first kappa shape index (κ1) is 22.6. The second-order valence-electron chi connectivity index (χ2n) is 7.83. The van der Waals surface area contributed by atoms with Gasteiger partial charge in [0.1, 0.15) is 11.5 Å². The summed E-state index contributed by atoms with van der Waals surface area (Å²) in [5.41, 5.74) is 2.29. The first-order chi connectivity index (χ1) is 14.9. The molecule has 1 saturated heterocycles. The molecule has 1 fully saturated rings. The lowest BCUT2D eigenvalue weighted by Gasteiger charge is -2.26. The van der Waals surface area contributed by atoms with Gasteiger partial charge in [0.2, 0.25) is 0 Å². The van der Waals surface area contributed by atoms with Crippen molar-refractivity contribution in [1.82, 2.24) is 9.80 Å². The van der Waals surface area contributed by atoms with E-state index in [0.717, 1.165) is 25.2 Å². The van der Waals surface area contributed by atoms with Crippen LogP contribution in [0.3, 0.4) is 0 Å². The van der Waals surface area contributed by atoms with Crippen LogP contribution in [0.2, 0.25) is 0 Å². The lowest BCUT2D eigenvalue weighted by molar-refractivity contribution is -0.140. The minimum Gasteiger partial charge on any atom is -0.508 e. The summed E-state index contributed by atoms with van der Waals surface area (Å²) in [6.07, 6.45) is 0.716. The maximum Gasteiger partial charge on any atom is 0.295 e. The monoisotopic (exact) mass is 422 g/mol. The Morgan fingerprint density at radius 1 is 1.00 bits per heavy atom. The Balaban J connectivity index is 2.01. The summed E-state index contributed by atoms with van der Waals surface area (Å²) in [5.74, 6) is -1.37. The quantitative estimate of drug-likeness (QED) is 0.384. The van der Waals surface area contributed by atoms with Crippen LogP contribution in [0.4, 0.5) is 0 Å². The molecule has 2 N–H and O–H groups in total. The number of nitrogens with zero attached hydrogens (tertiary/aromatic N) is 2. The van der Waals surface area contributed by atoms with Crippen molar-refractivity contribution in [3.63, 3.8) is 0 Å². The van der Waals surface area contributed by atoms with E-state index in [1.807, 2.05) is 19.1 Å². The van der Waals surface area contributed by atoms with Gasteiger partial charge in [-0.3, -0.25) is 9.59 Å². The Kier molecular flexibility index (Phi) is 7.13. The molecule has 0 saturated carbocycles. The first-order valence-corrected chi connectivity index (χ1v) is 10.7. The van der Waals surface area contributed by atoms with Gasteiger partial charge in [0.05, 0.1) is 11.6 Å². The molecule has 0 spiro atoms. The first-order valence-electron chi connectivity index (χ1n) is 10.7. The summed E-state index contributed by atoms with van der Waals surface area (Å²) in [4.78, 5) is 29.7. The fraction of sp³-hybridized carbons (Fsp3) is 0.360. The highest BCUT2D eigenvalue weighted by molar-refractivity contribution is 6.46. The van der Waals surface area contributed by atoms with E-state index in [9.17, 15) is 19.8 Å². The van der Waals surface area contributed by atoms with Gasteiger partial charge in [-0.15, -0.1) is 0 Å². The summed E-state index contributed by atoms with van der Waals surface area (Å²) >= 11 is 0. The molecule has 1 atom stereocenters. The number of phenols is 1. The lowest BCUT2D eigenvalue weighted by atomic mass is 9.95. The van der Waals surface area contributed by atoms with Gasteiger partial charge in [0.15, 0.2) is 0 Å². The molecule has 31 heavy (non-hydrogen) atoms. The third-order valence-electron chi connectivity index (χ3n) is 5.84. The zero-order chi connectivity index (χ0) is 22.5. The highest BCUT2D eigenvalue weighted by Gasteiger charge is 2.45. The van der Waals surface area contributed by atoms with E-state index in [0.29, 0.717) is 24.1 Å². The van der Waals surface area contributed by atoms with Crippen LogP contribution in [0.5, 0.6) is 5.75 Å². The number of rotatable bonds is 8. The molecule has 6 heteroatoms. The van der Waals surface area contributed by atoms with E-state index in [1.54, 1.807) is 24.3 Å². The number of hydrogen-bond donors (Lipinski definition) is 2. The van der Waals surface area contributed by atoms with Crippen molar-refractivity contribution in [2.45, 2.75) is 33.2 Å². The number of Topliss-reactive ketones (excluding diaryl/α,β-unsaturated/α-hetero) is 1. The zero-order valence-electron chi connectivity index (χ0n) is 18.3. The highest BCUT2D eigenvalue weighted by atomic mass is 16.3.